The Kier molecular flexibility index (Phi) is 4.07. The van der Waals surface area contributed by atoms with Gasteiger partial charge in [0.05, 0.1) is 5.52 Å². The lowest BCUT2D eigenvalue weighted by molar-refractivity contribution is 0.560. The minimum absolute atomic E-state index is 0.0506. The van der Waals surface area contributed by atoms with Crippen molar-refractivity contribution < 1.29 is 4.42 Å². The largest absolute Gasteiger partial charge is 0.423 e. The molecule has 0 aliphatic heterocycles. The first-order valence-corrected chi connectivity index (χ1v) is 10.5. The number of fused-ring (bicyclic) bond motifs is 4. The summed E-state index contributed by atoms with van der Waals surface area (Å²) >= 11 is 2.84. The number of thioether (sulfide) groups is 1. The van der Waals surface area contributed by atoms with Crippen molar-refractivity contribution in [2.75, 3.05) is 0 Å². The van der Waals surface area contributed by atoms with E-state index in [0.29, 0.717) is 26.7 Å². The third kappa shape index (κ3) is 2.75. The SMILES string of the molecule is Cn1c(SCc2cc(=O)oc3ccc4ccccc4c23)nc2ccsc2c1=O. The van der Waals surface area contributed by atoms with E-state index >= 15 is 0 Å². The Labute approximate surface area is 167 Å². The van der Waals surface area contributed by atoms with Crippen LogP contribution < -0.4 is 11.2 Å². The summed E-state index contributed by atoms with van der Waals surface area (Å²) in [5.41, 5.74) is 1.71. The lowest BCUT2D eigenvalue weighted by Gasteiger charge is -2.10. The second-order valence-corrected chi connectivity index (χ2v) is 8.29. The van der Waals surface area contributed by atoms with Gasteiger partial charge in [-0.05, 0) is 33.8 Å². The van der Waals surface area contributed by atoms with Gasteiger partial charge < -0.3 is 4.42 Å². The molecule has 0 amide bonds. The molecule has 0 fully saturated rings. The Balaban J connectivity index is 1.64. The molecule has 7 heteroatoms. The van der Waals surface area contributed by atoms with E-state index in [-0.39, 0.29) is 11.2 Å². The average molecular weight is 406 g/mol. The van der Waals surface area contributed by atoms with E-state index in [1.807, 2.05) is 47.8 Å². The standard InChI is InChI=1S/C21H14N2O3S2/c1-23-20(25)19-15(8-9-27-19)22-21(23)28-11-13-10-17(24)26-16-7-6-12-4-2-3-5-14(12)18(13)16/h2-10H,11H2,1H3. The molecule has 3 aromatic heterocycles. The van der Waals surface area contributed by atoms with Gasteiger partial charge in [0.1, 0.15) is 10.3 Å². The Bertz CT molecular complexity index is 1480. The molecule has 0 saturated carbocycles. The van der Waals surface area contributed by atoms with Gasteiger partial charge in [-0.25, -0.2) is 9.78 Å². The van der Waals surface area contributed by atoms with Crippen LogP contribution in [-0.2, 0) is 12.8 Å². The third-order valence-corrected chi connectivity index (χ3v) is 6.69. The molecule has 5 aromatic rings. The van der Waals surface area contributed by atoms with Crippen molar-refractivity contribution in [3.8, 4) is 0 Å². The van der Waals surface area contributed by atoms with Crippen LogP contribution in [0.25, 0.3) is 32.0 Å². The van der Waals surface area contributed by atoms with Crippen LogP contribution in [0.15, 0.2) is 73.1 Å². The highest BCUT2D eigenvalue weighted by Gasteiger charge is 2.13. The Morgan fingerprint density at radius 3 is 2.89 bits per heavy atom. The molecule has 3 heterocycles. The Hall–Kier alpha value is -2.90. The second kappa shape index (κ2) is 6.61. The van der Waals surface area contributed by atoms with Gasteiger partial charge in [-0.3, -0.25) is 9.36 Å². The lowest BCUT2D eigenvalue weighted by atomic mass is 10.0. The average Bonchev–Trinajstić information content (AvgIpc) is 3.17. The van der Waals surface area contributed by atoms with E-state index in [1.165, 1.54) is 29.2 Å². The van der Waals surface area contributed by atoms with Gasteiger partial charge in [0, 0.05) is 24.3 Å². The van der Waals surface area contributed by atoms with Gasteiger partial charge in [0.15, 0.2) is 5.16 Å². The van der Waals surface area contributed by atoms with E-state index in [1.54, 1.807) is 11.6 Å². The van der Waals surface area contributed by atoms with Crippen molar-refractivity contribution in [1.29, 1.82) is 0 Å². The first kappa shape index (κ1) is 17.2. The van der Waals surface area contributed by atoms with Gasteiger partial charge in [-0.15, -0.1) is 11.3 Å². The molecule has 0 aliphatic carbocycles. The van der Waals surface area contributed by atoms with Crippen molar-refractivity contribution in [2.24, 2.45) is 7.05 Å². The molecule has 0 radical (unpaired) electrons. The lowest BCUT2D eigenvalue weighted by Crippen LogP contribution is -2.18. The number of rotatable bonds is 3. The van der Waals surface area contributed by atoms with Crippen molar-refractivity contribution in [3.63, 3.8) is 0 Å². The highest BCUT2D eigenvalue weighted by molar-refractivity contribution is 7.98. The predicted octanol–water partition coefficient (Wildman–Crippen LogP) is 4.55. The molecule has 0 spiro atoms. The molecule has 0 bridgehead atoms. The van der Waals surface area contributed by atoms with Crippen molar-refractivity contribution in [2.45, 2.75) is 10.9 Å². The summed E-state index contributed by atoms with van der Waals surface area (Å²) in [6.07, 6.45) is 0. The van der Waals surface area contributed by atoms with Crippen molar-refractivity contribution in [3.05, 3.63) is 80.2 Å². The summed E-state index contributed by atoms with van der Waals surface area (Å²) in [7, 11) is 1.73. The van der Waals surface area contributed by atoms with Gasteiger partial charge in [0.2, 0.25) is 0 Å². The van der Waals surface area contributed by atoms with E-state index in [4.69, 9.17) is 4.42 Å². The number of benzene rings is 2. The van der Waals surface area contributed by atoms with E-state index in [2.05, 4.69) is 4.98 Å². The first-order valence-electron chi connectivity index (χ1n) is 8.63. The fraction of sp³-hybridized carbons (Fsp3) is 0.0952. The zero-order valence-corrected chi connectivity index (χ0v) is 16.5. The monoisotopic (exact) mass is 406 g/mol. The van der Waals surface area contributed by atoms with Crippen LogP contribution in [0.2, 0.25) is 0 Å². The van der Waals surface area contributed by atoms with Crippen LogP contribution in [0.1, 0.15) is 5.56 Å². The minimum Gasteiger partial charge on any atom is -0.423 e. The zero-order valence-electron chi connectivity index (χ0n) is 14.8. The van der Waals surface area contributed by atoms with Crippen molar-refractivity contribution in [1.82, 2.24) is 9.55 Å². The molecule has 0 saturated heterocycles. The molecule has 0 aliphatic rings. The fourth-order valence-corrected chi connectivity index (χ4v) is 5.13. The maximum Gasteiger partial charge on any atom is 0.336 e. The topological polar surface area (TPSA) is 65.1 Å². The number of thiophene rings is 1. The smallest absolute Gasteiger partial charge is 0.336 e. The van der Waals surface area contributed by atoms with Crippen molar-refractivity contribution >= 4 is 55.1 Å². The van der Waals surface area contributed by atoms with E-state index in [0.717, 1.165) is 21.7 Å². The van der Waals surface area contributed by atoms with Crippen LogP contribution in [0, 0.1) is 0 Å². The van der Waals surface area contributed by atoms with Crippen LogP contribution >= 0.6 is 23.1 Å². The molecule has 0 N–H and O–H groups in total. The second-order valence-electron chi connectivity index (χ2n) is 6.43. The van der Waals surface area contributed by atoms with Crippen LogP contribution in [0.5, 0.6) is 0 Å². The summed E-state index contributed by atoms with van der Waals surface area (Å²) in [6.45, 7) is 0. The summed E-state index contributed by atoms with van der Waals surface area (Å²) in [4.78, 5) is 29.2. The number of hydrogen-bond donors (Lipinski definition) is 0. The van der Waals surface area contributed by atoms with Crippen LogP contribution in [-0.4, -0.2) is 9.55 Å². The maximum absolute atomic E-state index is 12.5. The molecule has 5 nitrogen and oxygen atoms in total. The summed E-state index contributed by atoms with van der Waals surface area (Å²) < 4.78 is 7.64. The number of hydrogen-bond acceptors (Lipinski definition) is 6. The Morgan fingerprint density at radius 1 is 1.14 bits per heavy atom. The maximum atomic E-state index is 12.5. The summed E-state index contributed by atoms with van der Waals surface area (Å²) in [5.74, 6) is 0.506. The normalized spacial score (nSPS) is 11.6. The molecule has 5 rings (SSSR count). The van der Waals surface area contributed by atoms with Gasteiger partial charge in [-0.2, -0.15) is 0 Å². The molecule has 28 heavy (non-hydrogen) atoms. The zero-order chi connectivity index (χ0) is 19.3. The third-order valence-electron chi connectivity index (χ3n) is 4.72. The highest BCUT2D eigenvalue weighted by Crippen LogP contribution is 2.31. The van der Waals surface area contributed by atoms with Crippen LogP contribution in [0.4, 0.5) is 0 Å². The molecule has 0 atom stereocenters. The molecule has 0 unspecified atom stereocenters. The summed E-state index contributed by atoms with van der Waals surface area (Å²) in [5, 5.41) is 5.54. The number of nitrogens with zero attached hydrogens (tertiary/aromatic N) is 2. The molecule has 2 aromatic carbocycles. The van der Waals surface area contributed by atoms with E-state index < -0.39 is 0 Å². The predicted molar refractivity (Wildman–Crippen MR) is 114 cm³/mol. The molecular weight excluding hydrogens is 392 g/mol. The van der Waals surface area contributed by atoms with Gasteiger partial charge in [0.25, 0.3) is 5.56 Å². The summed E-state index contributed by atoms with van der Waals surface area (Å²) in [6, 6.07) is 15.2. The number of aromatic nitrogens is 2. The van der Waals surface area contributed by atoms with E-state index in [9.17, 15) is 9.59 Å². The fourth-order valence-electron chi connectivity index (χ4n) is 3.37. The van der Waals surface area contributed by atoms with Gasteiger partial charge >= 0.3 is 5.63 Å². The molecular formula is C21H14N2O3S2. The quantitative estimate of drug-likeness (QED) is 0.190. The highest BCUT2D eigenvalue weighted by atomic mass is 32.2. The molecule has 138 valence electrons. The minimum atomic E-state index is -0.381. The Morgan fingerprint density at radius 2 is 2.00 bits per heavy atom. The van der Waals surface area contributed by atoms with Crippen LogP contribution in [0.3, 0.4) is 0 Å². The first-order chi connectivity index (χ1) is 13.6. The van der Waals surface area contributed by atoms with Gasteiger partial charge in [-0.1, -0.05) is 42.1 Å².